The van der Waals surface area contributed by atoms with Crippen LogP contribution < -0.4 is 21.3 Å². The van der Waals surface area contributed by atoms with E-state index in [9.17, 15) is 10.1 Å². The highest BCUT2D eigenvalue weighted by Crippen LogP contribution is 2.52. The smallest absolute Gasteiger partial charge is 0.243 e. The van der Waals surface area contributed by atoms with Gasteiger partial charge in [0.1, 0.15) is 23.2 Å². The van der Waals surface area contributed by atoms with Crippen LogP contribution in [-0.4, -0.2) is 85.1 Å². The van der Waals surface area contributed by atoms with Crippen LogP contribution in [-0.2, 0) is 9.53 Å². The molecule has 2 aliphatic heterocycles. The Bertz CT molecular complexity index is 1350. The number of amides is 1. The van der Waals surface area contributed by atoms with Crippen LogP contribution in [0.1, 0.15) is 46.0 Å². The number of allylic oxidation sites excluding steroid dienone is 6. The Kier molecular flexibility index (Phi) is 11.0. The van der Waals surface area contributed by atoms with Crippen molar-refractivity contribution in [1.82, 2.24) is 31.1 Å². The first-order chi connectivity index (χ1) is 21.8. The van der Waals surface area contributed by atoms with Gasteiger partial charge in [0.25, 0.3) is 0 Å². The second-order valence-corrected chi connectivity index (χ2v) is 13.5. The van der Waals surface area contributed by atoms with E-state index in [4.69, 9.17) is 4.74 Å². The molecule has 2 fully saturated rings. The molecule has 0 aromatic heterocycles. The van der Waals surface area contributed by atoms with Gasteiger partial charge in [-0.25, -0.2) is 4.99 Å². The first-order valence-electron chi connectivity index (χ1n) is 16.2. The highest BCUT2D eigenvalue weighted by Gasteiger charge is 2.57. The molecule has 3 aliphatic carbocycles. The van der Waals surface area contributed by atoms with E-state index in [2.05, 4.69) is 80.2 Å². The lowest BCUT2D eigenvalue weighted by Gasteiger charge is -2.39. The first kappa shape index (κ1) is 32.8. The van der Waals surface area contributed by atoms with Gasteiger partial charge in [-0.15, -0.1) is 0 Å². The van der Waals surface area contributed by atoms with Crippen LogP contribution in [0.4, 0.5) is 0 Å². The molecule has 2 heterocycles. The van der Waals surface area contributed by atoms with Gasteiger partial charge < -0.3 is 35.8 Å². The maximum absolute atomic E-state index is 12.4. The minimum absolute atomic E-state index is 0.0152. The van der Waals surface area contributed by atoms with E-state index in [1.165, 1.54) is 23.9 Å². The summed E-state index contributed by atoms with van der Waals surface area (Å²) in [5, 5.41) is 23.3. The van der Waals surface area contributed by atoms with Crippen molar-refractivity contribution >= 4 is 23.9 Å². The van der Waals surface area contributed by atoms with Gasteiger partial charge in [0.05, 0.1) is 11.8 Å². The summed E-state index contributed by atoms with van der Waals surface area (Å²) < 4.78 is 6.05. The minimum atomic E-state index is -0.483. The molecule has 0 aromatic carbocycles. The predicted octanol–water partition coefficient (Wildman–Crippen LogP) is 3.69. The van der Waals surface area contributed by atoms with Crippen molar-refractivity contribution in [2.24, 2.45) is 16.8 Å². The van der Waals surface area contributed by atoms with E-state index in [-0.39, 0.29) is 29.9 Å². The molecule has 11 heteroatoms. The monoisotopic (exact) mass is 632 g/mol. The molecule has 5 aliphatic rings. The van der Waals surface area contributed by atoms with Crippen LogP contribution in [0, 0.1) is 23.2 Å². The molecule has 4 atom stereocenters. The zero-order chi connectivity index (χ0) is 31.9. The van der Waals surface area contributed by atoms with Crippen LogP contribution in [0.25, 0.3) is 0 Å². The highest BCUT2D eigenvalue weighted by atomic mass is 32.2. The quantitative estimate of drug-likeness (QED) is 0.168. The van der Waals surface area contributed by atoms with E-state index in [0.717, 1.165) is 62.5 Å². The number of rotatable bonds is 14. The number of hydrogen-bond donors (Lipinski definition) is 4. The SMILES string of the molecule is C=CC(=O)NC1C2C(NC3N=CC(C#N)=C(NC4=C(OC(C)C)CCC=C4)N3)=CC=C(N3CCC(N(C)CCCSC)CC3)C12. The third kappa shape index (κ3) is 7.97. The average Bonchev–Trinajstić information content (AvgIpc) is 3.76. The number of aliphatic imine (C=N–C) groups is 1. The molecule has 1 saturated heterocycles. The highest BCUT2D eigenvalue weighted by molar-refractivity contribution is 7.98. The van der Waals surface area contributed by atoms with E-state index < -0.39 is 6.29 Å². The second kappa shape index (κ2) is 15.1. The van der Waals surface area contributed by atoms with E-state index in [0.29, 0.717) is 17.4 Å². The summed E-state index contributed by atoms with van der Waals surface area (Å²) in [5.41, 5.74) is 3.57. The summed E-state index contributed by atoms with van der Waals surface area (Å²) in [6, 6.07) is 2.84. The van der Waals surface area contributed by atoms with Gasteiger partial charge in [-0.05, 0) is 89.4 Å². The number of fused-ring (bicyclic) bond motifs is 1. The summed E-state index contributed by atoms with van der Waals surface area (Å²) in [4.78, 5) is 22.0. The van der Waals surface area contributed by atoms with Crippen LogP contribution in [0.15, 0.2) is 76.2 Å². The van der Waals surface area contributed by atoms with E-state index in [1.54, 1.807) is 6.21 Å². The third-order valence-electron chi connectivity index (χ3n) is 9.05. The number of nitriles is 1. The third-order valence-corrected chi connectivity index (χ3v) is 9.75. The fraction of sp³-hybridized carbons (Fsp3) is 0.559. The van der Waals surface area contributed by atoms with Crippen molar-refractivity contribution in [3.05, 3.63) is 71.2 Å². The summed E-state index contributed by atoms with van der Waals surface area (Å²) in [6.45, 7) is 10.9. The maximum atomic E-state index is 12.4. The standard InChI is InChI=1S/C34H48N8O2S/c1-6-29(43)39-32-30-26(12-13-27(31(30)32)42-17-14-24(15-18-42)41(4)16-9-19-45-5)38-34-36-21-23(20-35)33(40-34)37-25-10-7-8-11-28(25)44-22(2)3/h6-7,10,12-13,21-22,24,30-32,34,37-38,40H,1,8-9,11,14-19H2,2-5H3,(H,39,43). The lowest BCUT2D eigenvalue weighted by molar-refractivity contribution is -0.116. The molecule has 5 rings (SSSR count). The van der Waals surface area contributed by atoms with Crippen LogP contribution in [0.2, 0.25) is 0 Å². The van der Waals surface area contributed by atoms with Gasteiger partial charge in [0.15, 0.2) is 6.29 Å². The molecule has 242 valence electrons. The first-order valence-corrected chi connectivity index (χ1v) is 17.5. The largest absolute Gasteiger partial charge is 0.493 e. The number of carbonyl (C=O) groups excluding carboxylic acids is 1. The van der Waals surface area contributed by atoms with Gasteiger partial charge in [0.2, 0.25) is 5.91 Å². The molecule has 1 saturated carbocycles. The van der Waals surface area contributed by atoms with Gasteiger partial charge in [-0.3, -0.25) is 4.79 Å². The van der Waals surface area contributed by atoms with E-state index in [1.807, 2.05) is 31.7 Å². The normalized spacial score (nSPS) is 26.1. The van der Waals surface area contributed by atoms with Crippen LogP contribution in [0.3, 0.4) is 0 Å². The van der Waals surface area contributed by atoms with Gasteiger partial charge in [0, 0.05) is 61.0 Å². The number of nitrogens with one attached hydrogen (secondary N) is 4. The number of thioether (sulfide) groups is 1. The average molecular weight is 633 g/mol. The number of hydrogen-bond acceptors (Lipinski definition) is 10. The summed E-state index contributed by atoms with van der Waals surface area (Å²) in [6.07, 6.45) is 18.4. The van der Waals surface area contributed by atoms with Crippen LogP contribution in [0.5, 0.6) is 0 Å². The number of ether oxygens (including phenoxy) is 1. The topological polar surface area (TPSA) is 117 Å². The molecular formula is C34H48N8O2S. The molecule has 45 heavy (non-hydrogen) atoms. The Hall–Kier alpha value is -3.62. The number of likely N-dealkylation sites (tertiary alicyclic amines) is 1. The van der Waals surface area contributed by atoms with Crippen molar-refractivity contribution in [3.63, 3.8) is 0 Å². The predicted molar refractivity (Wildman–Crippen MR) is 181 cm³/mol. The maximum Gasteiger partial charge on any atom is 0.243 e. The molecule has 4 unspecified atom stereocenters. The number of piperidine rings is 1. The zero-order valence-electron chi connectivity index (χ0n) is 27.0. The molecule has 0 radical (unpaired) electrons. The van der Waals surface area contributed by atoms with Gasteiger partial charge in [-0.2, -0.15) is 17.0 Å². The molecule has 10 nitrogen and oxygen atoms in total. The minimum Gasteiger partial charge on any atom is -0.493 e. The van der Waals surface area contributed by atoms with E-state index >= 15 is 0 Å². The summed E-state index contributed by atoms with van der Waals surface area (Å²) in [7, 11) is 2.26. The Balaban J connectivity index is 1.27. The van der Waals surface area contributed by atoms with Crippen molar-refractivity contribution in [3.8, 4) is 6.07 Å². The fourth-order valence-corrected chi connectivity index (χ4v) is 7.13. The fourth-order valence-electron chi connectivity index (χ4n) is 6.71. The Morgan fingerprint density at radius 2 is 2.13 bits per heavy atom. The Morgan fingerprint density at radius 3 is 2.84 bits per heavy atom. The molecule has 0 aromatic rings. The van der Waals surface area contributed by atoms with Crippen molar-refractivity contribution in [2.75, 3.05) is 38.7 Å². The Morgan fingerprint density at radius 1 is 1.33 bits per heavy atom. The summed E-state index contributed by atoms with van der Waals surface area (Å²) >= 11 is 1.91. The molecule has 1 amide bonds. The zero-order valence-corrected chi connectivity index (χ0v) is 27.8. The van der Waals surface area contributed by atoms with Gasteiger partial charge in [-0.1, -0.05) is 12.7 Å². The second-order valence-electron chi connectivity index (χ2n) is 12.5. The van der Waals surface area contributed by atoms with Crippen LogP contribution >= 0.6 is 11.8 Å². The van der Waals surface area contributed by atoms with Crippen molar-refractivity contribution < 1.29 is 9.53 Å². The molecular weight excluding hydrogens is 584 g/mol. The molecule has 0 spiro atoms. The number of nitrogens with zero attached hydrogens (tertiary/aromatic N) is 4. The lowest BCUT2D eigenvalue weighted by Crippen LogP contribution is -2.46. The molecule has 4 N–H and O–H groups in total. The number of carbonyl (C=O) groups is 1. The van der Waals surface area contributed by atoms with Gasteiger partial charge >= 0.3 is 0 Å². The molecule has 0 bridgehead atoms. The summed E-state index contributed by atoms with van der Waals surface area (Å²) in [5.74, 6) is 2.82. The lowest BCUT2D eigenvalue weighted by atomic mass is 10.00. The Labute approximate surface area is 272 Å². The van der Waals surface area contributed by atoms with Crippen molar-refractivity contribution in [1.29, 1.82) is 5.26 Å². The van der Waals surface area contributed by atoms with Crippen molar-refractivity contribution in [2.45, 2.75) is 70.4 Å².